The zero-order chi connectivity index (χ0) is 18.1. The SMILES string of the molecule is O=c1ccc2cc3c4nc5cc6c(cc5cc4cn3c(=O)c2co1)OCO6. The maximum atomic E-state index is 12.9. The molecule has 6 rings (SSSR count). The van der Waals surface area contributed by atoms with E-state index in [0.717, 1.165) is 16.3 Å². The number of aromatic nitrogens is 2. The first-order chi connectivity index (χ1) is 13.2. The lowest BCUT2D eigenvalue weighted by Gasteiger charge is -2.01. The number of hydrogen-bond donors (Lipinski definition) is 0. The molecule has 0 bridgehead atoms. The molecule has 1 aliphatic rings. The third-order valence-corrected chi connectivity index (χ3v) is 4.85. The quantitative estimate of drug-likeness (QED) is 0.423. The molecule has 0 N–H and O–H groups in total. The van der Waals surface area contributed by atoms with Crippen molar-refractivity contribution in [3.05, 3.63) is 69.6 Å². The average Bonchev–Trinajstić information content (AvgIpc) is 3.20. The number of fused-ring (bicyclic) bond motifs is 6. The molecular weight excluding hydrogens is 348 g/mol. The Labute approximate surface area is 150 Å². The first-order valence-electron chi connectivity index (χ1n) is 8.28. The van der Waals surface area contributed by atoms with Gasteiger partial charge in [-0.05, 0) is 29.7 Å². The summed E-state index contributed by atoms with van der Waals surface area (Å²) in [6, 6.07) is 10.4. The van der Waals surface area contributed by atoms with Crippen molar-refractivity contribution < 1.29 is 13.9 Å². The number of hydrogen-bond acceptors (Lipinski definition) is 6. The third-order valence-electron chi connectivity index (χ3n) is 4.85. The van der Waals surface area contributed by atoms with E-state index in [2.05, 4.69) is 0 Å². The van der Waals surface area contributed by atoms with Crippen LogP contribution in [-0.2, 0) is 0 Å². The molecule has 0 saturated carbocycles. The molecule has 27 heavy (non-hydrogen) atoms. The van der Waals surface area contributed by atoms with Crippen LogP contribution >= 0.6 is 0 Å². The van der Waals surface area contributed by atoms with Gasteiger partial charge in [-0.3, -0.25) is 9.20 Å². The Morgan fingerprint density at radius 1 is 0.926 bits per heavy atom. The molecule has 0 spiro atoms. The van der Waals surface area contributed by atoms with Crippen molar-refractivity contribution in [1.82, 2.24) is 9.38 Å². The summed E-state index contributed by atoms with van der Waals surface area (Å²) in [5.41, 5.74) is 1.34. The molecule has 4 aromatic heterocycles. The van der Waals surface area contributed by atoms with Crippen molar-refractivity contribution in [2.24, 2.45) is 0 Å². The largest absolute Gasteiger partial charge is 0.454 e. The second kappa shape index (κ2) is 4.85. The van der Waals surface area contributed by atoms with Gasteiger partial charge < -0.3 is 13.9 Å². The van der Waals surface area contributed by atoms with Crippen molar-refractivity contribution in [2.75, 3.05) is 6.79 Å². The van der Waals surface area contributed by atoms with Gasteiger partial charge >= 0.3 is 5.63 Å². The fourth-order valence-electron chi connectivity index (χ4n) is 3.56. The highest BCUT2D eigenvalue weighted by Crippen LogP contribution is 2.37. The predicted molar refractivity (Wildman–Crippen MR) is 98.6 cm³/mol. The summed E-state index contributed by atoms with van der Waals surface area (Å²) >= 11 is 0. The average molecular weight is 358 g/mol. The van der Waals surface area contributed by atoms with E-state index in [1.807, 2.05) is 24.3 Å². The van der Waals surface area contributed by atoms with E-state index in [4.69, 9.17) is 18.9 Å². The molecule has 0 amide bonds. The Bertz CT molecular complexity index is 1550. The normalized spacial score (nSPS) is 13.2. The summed E-state index contributed by atoms with van der Waals surface area (Å²) in [6.45, 7) is 0.200. The summed E-state index contributed by atoms with van der Waals surface area (Å²) < 4.78 is 17.3. The fraction of sp³-hybridized carbons (Fsp3) is 0.0500. The minimum absolute atomic E-state index is 0.200. The summed E-state index contributed by atoms with van der Waals surface area (Å²) in [5, 5.41) is 2.68. The van der Waals surface area contributed by atoms with Gasteiger partial charge in [0.05, 0.1) is 21.9 Å². The second-order valence-corrected chi connectivity index (χ2v) is 6.42. The molecule has 7 heteroatoms. The van der Waals surface area contributed by atoms with Crippen LogP contribution in [0, 0.1) is 0 Å². The highest BCUT2D eigenvalue weighted by Gasteiger charge is 2.17. The zero-order valence-electron chi connectivity index (χ0n) is 13.8. The Morgan fingerprint density at radius 2 is 1.78 bits per heavy atom. The Balaban J connectivity index is 1.78. The Morgan fingerprint density at radius 3 is 2.67 bits per heavy atom. The van der Waals surface area contributed by atoms with Crippen molar-refractivity contribution in [3.63, 3.8) is 0 Å². The van der Waals surface area contributed by atoms with Gasteiger partial charge in [0.25, 0.3) is 5.56 Å². The molecular formula is C20H10N2O5. The van der Waals surface area contributed by atoms with Gasteiger partial charge in [0.15, 0.2) is 11.5 Å². The van der Waals surface area contributed by atoms with Crippen LogP contribution in [0.15, 0.2) is 62.9 Å². The predicted octanol–water partition coefficient (Wildman–Crippen LogP) is 2.84. The number of rotatable bonds is 0. The molecule has 0 aliphatic carbocycles. The molecule has 0 fully saturated rings. The van der Waals surface area contributed by atoms with Crippen LogP contribution in [0.3, 0.4) is 0 Å². The van der Waals surface area contributed by atoms with Crippen LogP contribution < -0.4 is 20.7 Å². The number of nitrogens with zero attached hydrogens (tertiary/aromatic N) is 2. The molecule has 0 unspecified atom stereocenters. The molecule has 5 heterocycles. The summed E-state index contributed by atoms with van der Waals surface area (Å²) in [6.07, 6.45) is 2.95. The molecule has 1 aromatic carbocycles. The summed E-state index contributed by atoms with van der Waals surface area (Å²) in [4.78, 5) is 29.1. The molecule has 0 radical (unpaired) electrons. The molecule has 7 nitrogen and oxygen atoms in total. The fourth-order valence-corrected chi connectivity index (χ4v) is 3.56. The number of benzene rings is 1. The molecule has 0 saturated heterocycles. The van der Waals surface area contributed by atoms with Crippen LogP contribution in [0.4, 0.5) is 0 Å². The lowest BCUT2D eigenvalue weighted by molar-refractivity contribution is 0.174. The minimum atomic E-state index is -0.514. The number of pyridine rings is 2. The van der Waals surface area contributed by atoms with E-state index in [0.29, 0.717) is 33.3 Å². The van der Waals surface area contributed by atoms with Gasteiger partial charge in [0.1, 0.15) is 6.26 Å². The van der Waals surface area contributed by atoms with Crippen LogP contribution in [0.2, 0.25) is 0 Å². The highest BCUT2D eigenvalue weighted by atomic mass is 16.7. The molecule has 0 atom stereocenters. The van der Waals surface area contributed by atoms with Gasteiger partial charge in [-0.25, -0.2) is 9.78 Å². The molecule has 130 valence electrons. The van der Waals surface area contributed by atoms with Crippen LogP contribution in [0.1, 0.15) is 0 Å². The van der Waals surface area contributed by atoms with E-state index in [9.17, 15) is 9.59 Å². The molecule has 1 aliphatic heterocycles. The summed E-state index contributed by atoms with van der Waals surface area (Å²) in [5.74, 6) is 1.34. The third kappa shape index (κ3) is 1.93. The number of ether oxygens (including phenoxy) is 2. The van der Waals surface area contributed by atoms with Crippen molar-refractivity contribution in [1.29, 1.82) is 0 Å². The lowest BCUT2D eigenvalue weighted by atomic mass is 10.1. The van der Waals surface area contributed by atoms with Crippen LogP contribution in [0.5, 0.6) is 11.5 Å². The summed E-state index contributed by atoms with van der Waals surface area (Å²) in [7, 11) is 0. The van der Waals surface area contributed by atoms with Gasteiger partial charge in [-0.1, -0.05) is 0 Å². The monoisotopic (exact) mass is 358 g/mol. The lowest BCUT2D eigenvalue weighted by Crippen LogP contribution is -2.10. The van der Waals surface area contributed by atoms with Crippen molar-refractivity contribution in [3.8, 4) is 11.5 Å². The van der Waals surface area contributed by atoms with E-state index in [1.165, 1.54) is 16.7 Å². The first-order valence-corrected chi connectivity index (χ1v) is 8.28. The van der Waals surface area contributed by atoms with Gasteiger partial charge in [0, 0.05) is 29.1 Å². The van der Waals surface area contributed by atoms with E-state index < -0.39 is 5.63 Å². The standard InChI is InChI=1S/C20H10N2O5/c23-18-2-1-10-4-15-19-12(7-22(15)20(24)13(10)8-25-18)3-11-5-16-17(27-9-26-16)6-14(11)21-19/h1-8H,9H2. The smallest absolute Gasteiger partial charge is 0.335 e. The van der Waals surface area contributed by atoms with Gasteiger partial charge in [0.2, 0.25) is 6.79 Å². The maximum absolute atomic E-state index is 12.9. The van der Waals surface area contributed by atoms with E-state index in [-0.39, 0.29) is 12.4 Å². The Kier molecular flexibility index (Phi) is 2.57. The zero-order valence-corrected chi connectivity index (χ0v) is 13.8. The van der Waals surface area contributed by atoms with E-state index >= 15 is 0 Å². The molecule has 5 aromatic rings. The van der Waals surface area contributed by atoms with Gasteiger partial charge in [-0.15, -0.1) is 0 Å². The van der Waals surface area contributed by atoms with Gasteiger partial charge in [-0.2, -0.15) is 0 Å². The maximum Gasteiger partial charge on any atom is 0.335 e. The van der Waals surface area contributed by atoms with Crippen molar-refractivity contribution >= 4 is 38.1 Å². The second-order valence-electron chi connectivity index (χ2n) is 6.42. The first kappa shape index (κ1) is 14.3. The highest BCUT2D eigenvalue weighted by molar-refractivity contribution is 6.03. The Hall–Kier alpha value is -3.87. The van der Waals surface area contributed by atoms with Crippen molar-refractivity contribution in [2.45, 2.75) is 0 Å². The minimum Gasteiger partial charge on any atom is -0.454 e. The van der Waals surface area contributed by atoms with E-state index in [1.54, 1.807) is 12.3 Å². The van der Waals surface area contributed by atoms with Crippen LogP contribution in [-0.4, -0.2) is 16.2 Å². The van der Waals surface area contributed by atoms with Crippen LogP contribution in [0.25, 0.3) is 38.1 Å². The topological polar surface area (TPSA) is 83.0 Å².